The molecule has 1 atom stereocenters. The quantitative estimate of drug-likeness (QED) is 0.797. The highest BCUT2D eigenvalue weighted by molar-refractivity contribution is 14.1. The Balaban J connectivity index is 2.23. The fourth-order valence-corrected chi connectivity index (χ4v) is 1.86. The van der Waals surface area contributed by atoms with Crippen LogP contribution >= 0.6 is 23.0 Å². The molecule has 1 unspecified atom stereocenters. The van der Waals surface area contributed by atoms with Crippen LogP contribution in [0.2, 0.25) is 0 Å². The number of nitriles is 1. The van der Waals surface area contributed by atoms with Crippen LogP contribution in [-0.2, 0) is 0 Å². The van der Waals surface area contributed by atoms with Crippen molar-refractivity contribution >= 4 is 23.0 Å². The van der Waals surface area contributed by atoms with E-state index in [9.17, 15) is 0 Å². The van der Waals surface area contributed by atoms with Crippen molar-refractivity contribution in [3.63, 3.8) is 0 Å². The number of benzene rings is 1. The molecule has 1 aromatic heterocycles. The van der Waals surface area contributed by atoms with Gasteiger partial charge in [0.05, 0.1) is 11.6 Å². The van der Waals surface area contributed by atoms with E-state index in [1.54, 1.807) is 35.4 Å². The van der Waals surface area contributed by atoms with Gasteiger partial charge >= 0.3 is 6.01 Å². The first-order valence-corrected chi connectivity index (χ1v) is 6.23. The third-order valence-electron chi connectivity index (χ3n) is 2.76. The molecule has 1 heterocycles. The maximum absolute atomic E-state index is 8.76. The molecule has 0 saturated carbocycles. The van der Waals surface area contributed by atoms with Gasteiger partial charge in [0.25, 0.3) is 0 Å². The van der Waals surface area contributed by atoms with Crippen molar-refractivity contribution in [1.82, 2.24) is 9.97 Å². The lowest BCUT2D eigenvalue weighted by Crippen LogP contribution is -1.98. The van der Waals surface area contributed by atoms with Crippen molar-refractivity contribution in [2.45, 2.75) is 12.8 Å². The monoisotopic (exact) mass is 351 g/mol. The van der Waals surface area contributed by atoms with E-state index < -0.39 is 0 Å². The molecule has 1 aromatic carbocycles. The average molecular weight is 351 g/mol. The molecule has 0 amide bonds. The molecule has 0 bridgehead atoms. The van der Waals surface area contributed by atoms with Crippen LogP contribution in [0.3, 0.4) is 0 Å². The summed E-state index contributed by atoms with van der Waals surface area (Å²) in [6.45, 7) is 2.07. The van der Waals surface area contributed by atoms with Crippen LogP contribution in [0.4, 0.5) is 0 Å². The van der Waals surface area contributed by atoms with E-state index >= 15 is 0 Å². The molecule has 0 fully saturated rings. The molecule has 0 aliphatic rings. The third-order valence-corrected chi connectivity index (χ3v) is 3.15. The van der Waals surface area contributed by atoms with Gasteiger partial charge in [-0.2, -0.15) is 5.26 Å². The molecule has 0 saturated heterocycles. The summed E-state index contributed by atoms with van der Waals surface area (Å²) in [4.78, 5) is 8.17. The van der Waals surface area contributed by atoms with Gasteiger partial charge in [0.1, 0.15) is 0 Å². The first-order valence-electron chi connectivity index (χ1n) is 5.35. The van der Waals surface area contributed by atoms with E-state index in [0.29, 0.717) is 11.6 Å². The number of hydrogen-bond acceptors (Lipinski definition) is 4. The zero-order valence-corrected chi connectivity index (χ0v) is 11.8. The molecule has 0 aliphatic heterocycles. The Morgan fingerprint density at radius 1 is 1.17 bits per heavy atom. The second kappa shape index (κ2) is 5.78. The molecule has 5 heteroatoms. The number of halogens is 1. The first kappa shape index (κ1) is 12.8. The maximum Gasteiger partial charge on any atom is 0.326 e. The molecule has 90 valence electrons. The lowest BCUT2D eigenvalue weighted by Gasteiger charge is -2.11. The summed E-state index contributed by atoms with van der Waals surface area (Å²) in [6.07, 6.45) is 3.51. The predicted molar refractivity (Wildman–Crippen MR) is 75.4 cm³/mol. The number of aromatic nitrogens is 2. The van der Waals surface area contributed by atoms with Crippen molar-refractivity contribution in [3.05, 3.63) is 53.3 Å². The van der Waals surface area contributed by atoms with Crippen LogP contribution in [0.25, 0.3) is 0 Å². The van der Waals surface area contributed by atoms with E-state index in [-0.39, 0.29) is 5.92 Å². The highest BCUT2D eigenvalue weighted by atomic mass is 127. The van der Waals surface area contributed by atoms with Crippen LogP contribution in [0.15, 0.2) is 36.7 Å². The third kappa shape index (κ3) is 2.76. The average Bonchev–Trinajstić information content (AvgIpc) is 2.47. The standard InChI is InChI=1S/C13H10IN3O/c1-9(11-4-2-10(6-15)3-5-11)12-7-16-13(18-14)17-8-12/h2-5,7-9H,1H3. The Hall–Kier alpha value is -1.68. The lowest BCUT2D eigenvalue weighted by atomic mass is 9.95. The van der Waals surface area contributed by atoms with Gasteiger partial charge in [-0.15, -0.1) is 0 Å². The van der Waals surface area contributed by atoms with E-state index in [1.807, 2.05) is 24.3 Å². The Labute approximate surface area is 119 Å². The molecule has 2 aromatic rings. The minimum Gasteiger partial charge on any atom is -0.392 e. The molecular weight excluding hydrogens is 341 g/mol. The molecule has 18 heavy (non-hydrogen) atoms. The number of nitrogens with zero attached hydrogens (tertiary/aromatic N) is 3. The molecule has 2 rings (SSSR count). The van der Waals surface area contributed by atoms with E-state index in [1.165, 1.54) is 0 Å². The van der Waals surface area contributed by atoms with E-state index in [4.69, 9.17) is 8.33 Å². The van der Waals surface area contributed by atoms with Crippen molar-refractivity contribution in [1.29, 1.82) is 5.26 Å². The van der Waals surface area contributed by atoms with Crippen molar-refractivity contribution in [2.24, 2.45) is 0 Å². The van der Waals surface area contributed by atoms with Crippen molar-refractivity contribution < 1.29 is 3.07 Å². The minimum atomic E-state index is 0.181. The summed E-state index contributed by atoms with van der Waals surface area (Å²) in [5, 5.41) is 8.76. The SMILES string of the molecule is CC(c1ccc(C#N)cc1)c1cnc(OI)nc1. The number of hydrogen-bond donors (Lipinski definition) is 0. The largest absolute Gasteiger partial charge is 0.392 e. The van der Waals surface area contributed by atoms with Crippen LogP contribution in [-0.4, -0.2) is 9.97 Å². The zero-order valence-electron chi connectivity index (χ0n) is 9.67. The number of rotatable bonds is 3. The summed E-state index contributed by atoms with van der Waals surface area (Å²) >= 11 is 1.75. The normalized spacial score (nSPS) is 11.6. The van der Waals surface area contributed by atoms with Crippen LogP contribution in [0.1, 0.15) is 29.5 Å². The van der Waals surface area contributed by atoms with Gasteiger partial charge < -0.3 is 3.07 Å². The summed E-state index contributed by atoms with van der Waals surface area (Å²) in [7, 11) is 0. The Morgan fingerprint density at radius 3 is 2.28 bits per heavy atom. The Morgan fingerprint density at radius 2 is 1.78 bits per heavy atom. The second-order valence-electron chi connectivity index (χ2n) is 3.83. The van der Waals surface area contributed by atoms with E-state index in [0.717, 1.165) is 11.1 Å². The summed E-state index contributed by atoms with van der Waals surface area (Å²) in [5.41, 5.74) is 2.80. The fourth-order valence-electron chi connectivity index (χ4n) is 1.63. The van der Waals surface area contributed by atoms with Crippen LogP contribution in [0.5, 0.6) is 6.01 Å². The fraction of sp³-hybridized carbons (Fsp3) is 0.154. The summed E-state index contributed by atoms with van der Waals surface area (Å²) in [5.74, 6) is 0.181. The van der Waals surface area contributed by atoms with Crippen LogP contribution < -0.4 is 3.07 Å². The summed E-state index contributed by atoms with van der Waals surface area (Å²) in [6, 6.07) is 9.99. The first-order chi connectivity index (χ1) is 8.74. The molecule has 0 N–H and O–H groups in total. The molecule has 0 radical (unpaired) electrons. The Bertz CT molecular complexity index is 560. The smallest absolute Gasteiger partial charge is 0.326 e. The van der Waals surface area contributed by atoms with Gasteiger partial charge in [-0.05, 0) is 23.3 Å². The lowest BCUT2D eigenvalue weighted by molar-refractivity contribution is 0.639. The van der Waals surface area contributed by atoms with Gasteiger partial charge in [-0.25, -0.2) is 9.97 Å². The van der Waals surface area contributed by atoms with Gasteiger partial charge in [-0.3, -0.25) is 0 Å². The molecule has 0 aliphatic carbocycles. The zero-order chi connectivity index (χ0) is 13.0. The molecule has 0 spiro atoms. The topological polar surface area (TPSA) is 58.8 Å². The van der Waals surface area contributed by atoms with Crippen LogP contribution in [0, 0.1) is 11.3 Å². The highest BCUT2D eigenvalue weighted by Gasteiger charge is 2.09. The van der Waals surface area contributed by atoms with Crippen molar-refractivity contribution in [2.75, 3.05) is 0 Å². The van der Waals surface area contributed by atoms with Gasteiger partial charge in [0, 0.05) is 18.3 Å². The molecule has 4 nitrogen and oxygen atoms in total. The minimum absolute atomic E-state index is 0.181. The van der Waals surface area contributed by atoms with Gasteiger partial charge in [0.2, 0.25) is 0 Å². The molecular formula is C13H10IN3O. The predicted octanol–water partition coefficient (Wildman–Crippen LogP) is 3.23. The van der Waals surface area contributed by atoms with Gasteiger partial charge in [-0.1, -0.05) is 19.1 Å². The maximum atomic E-state index is 8.76. The van der Waals surface area contributed by atoms with Gasteiger partial charge in [0.15, 0.2) is 23.0 Å². The highest BCUT2D eigenvalue weighted by Crippen LogP contribution is 2.23. The van der Waals surface area contributed by atoms with Crippen molar-refractivity contribution in [3.8, 4) is 12.1 Å². The summed E-state index contributed by atoms with van der Waals surface area (Å²) < 4.78 is 4.90. The van der Waals surface area contributed by atoms with E-state index in [2.05, 4.69) is 23.0 Å². The Kier molecular flexibility index (Phi) is 4.10. The second-order valence-corrected chi connectivity index (χ2v) is 4.27.